The highest BCUT2D eigenvalue weighted by Crippen LogP contribution is 2.32. The van der Waals surface area contributed by atoms with E-state index in [4.69, 9.17) is 11.6 Å². The highest BCUT2D eigenvalue weighted by atomic mass is 35.5. The largest absolute Gasteiger partial charge is 0.229 e. The Kier molecular flexibility index (Phi) is 6.19. The van der Waals surface area contributed by atoms with E-state index >= 15 is 0 Å². The average molecular weight is 255 g/mol. The number of hydrogen-bond donors (Lipinski definition) is 0. The van der Waals surface area contributed by atoms with Gasteiger partial charge in [-0.1, -0.05) is 27.7 Å². The van der Waals surface area contributed by atoms with E-state index in [-0.39, 0.29) is 11.2 Å². The quantitative estimate of drug-likeness (QED) is 0.655. The fourth-order valence-corrected chi connectivity index (χ4v) is 3.36. The van der Waals surface area contributed by atoms with Crippen LogP contribution in [0.5, 0.6) is 0 Å². The topological polar surface area (TPSA) is 34.1 Å². The minimum Gasteiger partial charge on any atom is -0.229 e. The molecule has 0 aromatic carbocycles. The summed E-state index contributed by atoms with van der Waals surface area (Å²) in [7, 11) is -2.87. The monoisotopic (exact) mass is 254 g/mol. The van der Waals surface area contributed by atoms with Gasteiger partial charge in [0.1, 0.15) is 9.84 Å². The van der Waals surface area contributed by atoms with E-state index in [0.29, 0.717) is 30.4 Å². The molecule has 0 bridgehead atoms. The van der Waals surface area contributed by atoms with Crippen LogP contribution in [0, 0.1) is 11.3 Å². The predicted molar refractivity (Wildman–Crippen MR) is 67.2 cm³/mol. The first-order valence-electron chi connectivity index (χ1n) is 5.54. The molecular weight excluding hydrogens is 232 g/mol. The lowest BCUT2D eigenvalue weighted by molar-refractivity contribution is 0.246. The molecular formula is C11H23ClO2S. The van der Waals surface area contributed by atoms with Crippen LogP contribution >= 0.6 is 11.6 Å². The van der Waals surface area contributed by atoms with Gasteiger partial charge in [-0.15, -0.1) is 11.6 Å². The molecule has 0 fully saturated rings. The van der Waals surface area contributed by atoms with E-state index in [2.05, 4.69) is 20.8 Å². The van der Waals surface area contributed by atoms with Crippen molar-refractivity contribution in [2.45, 2.75) is 40.5 Å². The Bertz CT molecular complexity index is 272. The first kappa shape index (κ1) is 15.2. The van der Waals surface area contributed by atoms with Gasteiger partial charge in [0, 0.05) is 11.6 Å². The average Bonchev–Trinajstić information content (AvgIpc) is 2.14. The first-order chi connectivity index (χ1) is 6.77. The zero-order chi connectivity index (χ0) is 12.1. The van der Waals surface area contributed by atoms with Gasteiger partial charge in [0.05, 0.1) is 5.75 Å². The zero-order valence-corrected chi connectivity index (χ0v) is 11.8. The first-order valence-corrected chi connectivity index (χ1v) is 7.89. The Morgan fingerprint density at radius 3 is 2.13 bits per heavy atom. The van der Waals surface area contributed by atoms with Crippen molar-refractivity contribution >= 4 is 21.4 Å². The van der Waals surface area contributed by atoms with Crippen molar-refractivity contribution in [2.75, 3.05) is 17.4 Å². The van der Waals surface area contributed by atoms with Gasteiger partial charge in [-0.25, -0.2) is 8.42 Å². The zero-order valence-electron chi connectivity index (χ0n) is 10.2. The molecule has 2 nitrogen and oxygen atoms in total. The fraction of sp³-hybridized carbons (Fsp3) is 1.00. The van der Waals surface area contributed by atoms with Gasteiger partial charge >= 0.3 is 0 Å². The Morgan fingerprint density at radius 1 is 1.27 bits per heavy atom. The molecule has 0 N–H and O–H groups in total. The second kappa shape index (κ2) is 6.09. The van der Waals surface area contributed by atoms with Crippen LogP contribution in [0.15, 0.2) is 0 Å². The van der Waals surface area contributed by atoms with Gasteiger partial charge < -0.3 is 0 Å². The summed E-state index contributed by atoms with van der Waals surface area (Å²) in [5, 5.41) is 0. The Labute approximate surface area is 99.3 Å². The SMILES string of the molecule is CCCS(=O)(=O)CCC(C)(CCl)C(C)C. The molecule has 0 aromatic heterocycles. The molecule has 1 atom stereocenters. The second-order valence-electron chi connectivity index (χ2n) is 4.84. The standard InChI is InChI=1S/C11H23ClO2S/c1-5-7-15(13,14)8-6-11(4,9-12)10(2)3/h10H,5-9H2,1-4H3. The highest BCUT2D eigenvalue weighted by Gasteiger charge is 2.28. The maximum absolute atomic E-state index is 11.6. The van der Waals surface area contributed by atoms with Gasteiger partial charge in [-0.05, 0) is 24.2 Å². The molecule has 0 saturated heterocycles. The molecule has 0 heterocycles. The molecule has 1 unspecified atom stereocenters. The number of rotatable bonds is 7. The lowest BCUT2D eigenvalue weighted by Crippen LogP contribution is -2.29. The van der Waals surface area contributed by atoms with Crippen molar-refractivity contribution in [3.8, 4) is 0 Å². The molecule has 0 rings (SSSR count). The molecule has 4 heteroatoms. The third kappa shape index (κ3) is 5.21. The summed E-state index contributed by atoms with van der Waals surface area (Å²) in [4.78, 5) is 0. The summed E-state index contributed by atoms with van der Waals surface area (Å²) < 4.78 is 23.1. The molecule has 0 aromatic rings. The summed E-state index contributed by atoms with van der Waals surface area (Å²) in [6.45, 7) is 8.14. The van der Waals surface area contributed by atoms with Crippen LogP contribution in [0.4, 0.5) is 0 Å². The fourth-order valence-electron chi connectivity index (χ4n) is 1.31. The normalized spacial score (nSPS) is 16.7. The molecule has 0 saturated carbocycles. The number of hydrogen-bond acceptors (Lipinski definition) is 2. The van der Waals surface area contributed by atoms with E-state index < -0.39 is 9.84 Å². The lowest BCUT2D eigenvalue weighted by atomic mass is 9.79. The van der Waals surface area contributed by atoms with Gasteiger partial charge in [-0.2, -0.15) is 0 Å². The predicted octanol–water partition coefficient (Wildman–Crippen LogP) is 3.10. The van der Waals surface area contributed by atoms with Crippen molar-refractivity contribution in [3.63, 3.8) is 0 Å². The minimum absolute atomic E-state index is 0.0671. The van der Waals surface area contributed by atoms with Crippen LogP contribution in [0.2, 0.25) is 0 Å². The van der Waals surface area contributed by atoms with Crippen LogP contribution in [-0.2, 0) is 9.84 Å². The summed E-state index contributed by atoms with van der Waals surface area (Å²) in [5.41, 5.74) is -0.0671. The number of sulfone groups is 1. The molecule has 0 spiro atoms. The van der Waals surface area contributed by atoms with E-state index in [0.717, 1.165) is 0 Å². The van der Waals surface area contributed by atoms with E-state index in [9.17, 15) is 8.42 Å². The van der Waals surface area contributed by atoms with Gasteiger partial charge in [0.2, 0.25) is 0 Å². The smallest absolute Gasteiger partial charge is 0.150 e. The van der Waals surface area contributed by atoms with Crippen molar-refractivity contribution in [2.24, 2.45) is 11.3 Å². The Balaban J connectivity index is 4.36. The van der Waals surface area contributed by atoms with Crippen molar-refractivity contribution < 1.29 is 8.42 Å². The minimum atomic E-state index is -2.87. The van der Waals surface area contributed by atoms with Crippen LogP contribution in [0.1, 0.15) is 40.5 Å². The summed E-state index contributed by atoms with van der Waals surface area (Å²) in [6.07, 6.45) is 1.36. The van der Waals surface area contributed by atoms with Crippen molar-refractivity contribution in [1.29, 1.82) is 0 Å². The molecule has 0 aliphatic carbocycles. The molecule has 0 radical (unpaired) electrons. The lowest BCUT2D eigenvalue weighted by Gasteiger charge is -2.31. The van der Waals surface area contributed by atoms with Gasteiger partial charge in [0.25, 0.3) is 0 Å². The van der Waals surface area contributed by atoms with E-state index in [1.807, 2.05) is 6.92 Å². The molecule has 0 aliphatic rings. The Morgan fingerprint density at radius 2 is 1.80 bits per heavy atom. The third-order valence-corrected chi connectivity index (χ3v) is 5.67. The Hall–Kier alpha value is 0.240. The molecule has 0 aliphatic heterocycles. The number of alkyl halides is 1. The van der Waals surface area contributed by atoms with Crippen LogP contribution in [0.3, 0.4) is 0 Å². The van der Waals surface area contributed by atoms with Crippen molar-refractivity contribution in [3.05, 3.63) is 0 Å². The van der Waals surface area contributed by atoms with Crippen molar-refractivity contribution in [1.82, 2.24) is 0 Å². The molecule has 92 valence electrons. The molecule has 0 amide bonds. The summed E-state index contributed by atoms with van der Waals surface area (Å²) in [6, 6.07) is 0. The summed E-state index contributed by atoms with van der Waals surface area (Å²) >= 11 is 5.91. The highest BCUT2D eigenvalue weighted by molar-refractivity contribution is 7.91. The third-order valence-electron chi connectivity index (χ3n) is 3.20. The number of halogens is 1. The summed E-state index contributed by atoms with van der Waals surface area (Å²) in [5.74, 6) is 1.49. The maximum Gasteiger partial charge on any atom is 0.150 e. The van der Waals surface area contributed by atoms with Gasteiger partial charge in [-0.3, -0.25) is 0 Å². The van der Waals surface area contributed by atoms with Gasteiger partial charge in [0.15, 0.2) is 0 Å². The van der Waals surface area contributed by atoms with Crippen LogP contribution in [-0.4, -0.2) is 25.8 Å². The van der Waals surface area contributed by atoms with Crippen LogP contribution in [0.25, 0.3) is 0 Å². The van der Waals surface area contributed by atoms with E-state index in [1.54, 1.807) is 0 Å². The maximum atomic E-state index is 11.6. The molecule has 15 heavy (non-hydrogen) atoms. The van der Waals surface area contributed by atoms with E-state index in [1.165, 1.54) is 0 Å². The second-order valence-corrected chi connectivity index (χ2v) is 7.42. The van der Waals surface area contributed by atoms with Crippen LogP contribution < -0.4 is 0 Å².